The molecule has 0 saturated carbocycles. The molecule has 1 saturated heterocycles. The minimum atomic E-state index is -1.33. The molecule has 14 heteroatoms. The van der Waals surface area contributed by atoms with Gasteiger partial charge in [-0.15, -0.1) is 11.3 Å². The number of ether oxygens (including phenoxy) is 6. The van der Waals surface area contributed by atoms with Gasteiger partial charge in [0.2, 0.25) is 5.78 Å². The Labute approximate surface area is 226 Å². The number of aromatic nitrogens is 1. The Hall–Kier alpha value is -4.04. The second kappa shape index (κ2) is 13.2. The first-order valence-electron chi connectivity index (χ1n) is 11.7. The Balaban J connectivity index is 1.86. The van der Waals surface area contributed by atoms with E-state index in [2.05, 4.69) is 4.98 Å². The van der Waals surface area contributed by atoms with Crippen molar-refractivity contribution < 1.29 is 57.5 Å². The van der Waals surface area contributed by atoms with Crippen molar-refractivity contribution in [2.45, 2.75) is 58.2 Å². The fourth-order valence-electron chi connectivity index (χ4n) is 3.89. The largest absolute Gasteiger partial charge is 0.507 e. The highest BCUT2D eigenvalue weighted by atomic mass is 32.1. The van der Waals surface area contributed by atoms with Crippen LogP contribution in [0.25, 0.3) is 0 Å². The summed E-state index contributed by atoms with van der Waals surface area (Å²) < 4.78 is 32.8. The van der Waals surface area contributed by atoms with Gasteiger partial charge in [0, 0.05) is 39.1 Å². The highest BCUT2D eigenvalue weighted by Gasteiger charge is 2.52. The molecule has 1 fully saturated rings. The maximum absolute atomic E-state index is 12.5. The second-order valence-corrected chi connectivity index (χ2v) is 9.15. The Bertz CT molecular complexity index is 1210. The third kappa shape index (κ3) is 7.97. The maximum Gasteiger partial charge on any atom is 0.303 e. The molecule has 0 radical (unpaired) electrons. The van der Waals surface area contributed by atoms with E-state index in [4.69, 9.17) is 28.4 Å². The van der Waals surface area contributed by atoms with Crippen LogP contribution in [0.5, 0.6) is 11.5 Å². The third-order valence-electron chi connectivity index (χ3n) is 5.38. The van der Waals surface area contributed by atoms with E-state index < -0.39 is 60.2 Å². The molecule has 1 N–H and O–H groups in total. The van der Waals surface area contributed by atoms with Crippen molar-refractivity contribution in [2.24, 2.45) is 0 Å². The number of hydrogen-bond acceptors (Lipinski definition) is 14. The van der Waals surface area contributed by atoms with Gasteiger partial charge in [-0.2, -0.15) is 0 Å². The van der Waals surface area contributed by atoms with Crippen LogP contribution in [0.3, 0.4) is 0 Å². The quantitative estimate of drug-likeness (QED) is 0.250. The lowest BCUT2D eigenvalue weighted by molar-refractivity contribution is -0.255. The molecular formula is C25H27NO12S. The lowest BCUT2D eigenvalue weighted by atomic mass is 9.94. The molecule has 5 atom stereocenters. The molecule has 210 valence electrons. The number of phenols is 1. The van der Waals surface area contributed by atoms with Gasteiger partial charge in [0.05, 0.1) is 11.1 Å². The highest BCUT2D eigenvalue weighted by molar-refractivity contribution is 7.07. The number of phenolic OH excluding ortho intramolecular Hbond substituents is 1. The smallest absolute Gasteiger partial charge is 0.303 e. The molecule has 1 aliphatic rings. The molecule has 13 nitrogen and oxygen atoms in total. The molecule has 1 aliphatic heterocycles. The number of aromatic hydroxyl groups is 1. The van der Waals surface area contributed by atoms with Crippen LogP contribution in [0.15, 0.2) is 29.1 Å². The lowest BCUT2D eigenvalue weighted by Gasteiger charge is -2.44. The molecule has 0 aliphatic carbocycles. The van der Waals surface area contributed by atoms with Crippen LogP contribution in [0.4, 0.5) is 0 Å². The van der Waals surface area contributed by atoms with E-state index in [1.54, 1.807) is 5.38 Å². The second-order valence-electron chi connectivity index (χ2n) is 8.43. The summed E-state index contributed by atoms with van der Waals surface area (Å²) in [7, 11) is 0. The molecule has 1 aromatic carbocycles. The maximum atomic E-state index is 12.5. The SMILES string of the molecule is CC(=O)OC[C@@H]1O[C@H](COc2ccc(C(=O)c3cscn3)c(O)c2)[C@H](OC(C)=O)[C@H](OC(C)=O)[C@@H]1OC(C)=O. The average molecular weight is 566 g/mol. The molecule has 0 bridgehead atoms. The van der Waals surface area contributed by atoms with Crippen LogP contribution in [-0.4, -0.2) is 83.5 Å². The summed E-state index contributed by atoms with van der Waals surface area (Å²) in [6, 6.07) is 4.01. The van der Waals surface area contributed by atoms with Gasteiger partial charge >= 0.3 is 23.9 Å². The molecule has 0 amide bonds. The lowest BCUT2D eigenvalue weighted by Crippen LogP contribution is -2.63. The van der Waals surface area contributed by atoms with E-state index >= 15 is 0 Å². The summed E-state index contributed by atoms with van der Waals surface area (Å²) in [6.45, 7) is 3.86. The fourth-order valence-corrected chi connectivity index (χ4v) is 4.42. The van der Waals surface area contributed by atoms with Crippen molar-refractivity contribution in [1.82, 2.24) is 4.98 Å². The van der Waals surface area contributed by atoms with Gasteiger partial charge in [-0.05, 0) is 12.1 Å². The topological polar surface area (TPSA) is 174 Å². The van der Waals surface area contributed by atoms with Gasteiger partial charge in [-0.3, -0.25) is 24.0 Å². The van der Waals surface area contributed by atoms with Crippen molar-refractivity contribution in [3.63, 3.8) is 0 Å². The van der Waals surface area contributed by atoms with Crippen LogP contribution in [-0.2, 0) is 42.9 Å². The zero-order chi connectivity index (χ0) is 28.7. The minimum absolute atomic E-state index is 0.0144. The van der Waals surface area contributed by atoms with Gasteiger partial charge in [-0.1, -0.05) is 0 Å². The van der Waals surface area contributed by atoms with Crippen LogP contribution in [0.1, 0.15) is 43.7 Å². The summed E-state index contributed by atoms with van der Waals surface area (Å²) >= 11 is 1.24. The molecular weight excluding hydrogens is 538 g/mol. The first kappa shape index (κ1) is 29.5. The Morgan fingerprint density at radius 3 is 1.97 bits per heavy atom. The van der Waals surface area contributed by atoms with Crippen LogP contribution >= 0.6 is 11.3 Å². The number of thiazole rings is 1. The number of benzene rings is 1. The zero-order valence-corrected chi connectivity index (χ0v) is 22.3. The summed E-state index contributed by atoms with van der Waals surface area (Å²) in [5, 5.41) is 12.0. The first-order chi connectivity index (χ1) is 18.5. The normalized spacial score (nSPS) is 22.3. The van der Waals surface area contributed by atoms with Gasteiger partial charge in [0.1, 0.15) is 42.6 Å². The van der Waals surface area contributed by atoms with E-state index in [0.717, 1.165) is 20.8 Å². The Morgan fingerprint density at radius 2 is 1.46 bits per heavy atom. The minimum Gasteiger partial charge on any atom is -0.507 e. The molecule has 2 heterocycles. The van der Waals surface area contributed by atoms with E-state index in [1.165, 1.54) is 42.0 Å². The summed E-state index contributed by atoms with van der Waals surface area (Å²) in [4.78, 5) is 63.6. The predicted octanol–water partition coefficient (Wildman–Crippen LogP) is 1.58. The van der Waals surface area contributed by atoms with Crippen molar-refractivity contribution in [1.29, 1.82) is 0 Å². The van der Waals surface area contributed by atoms with E-state index in [9.17, 15) is 29.1 Å². The summed E-state index contributed by atoms with van der Waals surface area (Å²) in [5.41, 5.74) is 1.69. The number of ketones is 1. The van der Waals surface area contributed by atoms with Gasteiger partial charge in [-0.25, -0.2) is 4.98 Å². The molecule has 1 aromatic heterocycles. The van der Waals surface area contributed by atoms with E-state index in [1.807, 2.05) is 0 Å². The summed E-state index contributed by atoms with van der Waals surface area (Å²) in [5.74, 6) is -3.57. The van der Waals surface area contributed by atoms with Gasteiger partial charge < -0.3 is 33.5 Å². The van der Waals surface area contributed by atoms with Crippen LogP contribution < -0.4 is 4.74 Å². The fraction of sp³-hybridized carbons (Fsp3) is 0.440. The van der Waals surface area contributed by atoms with E-state index in [0.29, 0.717) is 0 Å². The first-order valence-corrected chi connectivity index (χ1v) is 12.6. The standard InChI is InChI=1S/C25H27NO12S/c1-12(27)33-8-20-23(35-13(2)28)25(37-15(4)30)24(36-14(3)29)21(38-20)9-34-16-5-6-17(19(31)7-16)22(32)18-10-39-11-26-18/h5-7,10-11,20-21,23-25,31H,8-9H2,1-4H3/t20-,21+,23+,24-,25+/m0/s1. The predicted molar refractivity (Wildman–Crippen MR) is 131 cm³/mol. The van der Waals surface area contributed by atoms with Crippen LogP contribution in [0, 0.1) is 0 Å². The number of esters is 4. The van der Waals surface area contributed by atoms with E-state index in [-0.39, 0.29) is 36.0 Å². The summed E-state index contributed by atoms with van der Waals surface area (Å²) in [6.07, 6.45) is -6.13. The molecule has 39 heavy (non-hydrogen) atoms. The number of hydrogen-bond donors (Lipinski definition) is 1. The average Bonchev–Trinajstić information content (AvgIpc) is 3.38. The van der Waals surface area contributed by atoms with Gasteiger partial charge in [0.15, 0.2) is 18.3 Å². The number of carbonyl (C=O) groups excluding carboxylic acids is 5. The van der Waals surface area contributed by atoms with Crippen molar-refractivity contribution in [3.05, 3.63) is 40.3 Å². The molecule has 0 spiro atoms. The number of carbonyl (C=O) groups is 5. The van der Waals surface area contributed by atoms with Crippen molar-refractivity contribution in [3.8, 4) is 11.5 Å². The highest BCUT2D eigenvalue weighted by Crippen LogP contribution is 2.31. The van der Waals surface area contributed by atoms with Crippen LogP contribution in [0.2, 0.25) is 0 Å². The molecule has 2 aromatic rings. The molecule has 3 rings (SSSR count). The van der Waals surface area contributed by atoms with Gasteiger partial charge in [0.25, 0.3) is 0 Å². The Kier molecular flexibility index (Phi) is 9.95. The monoisotopic (exact) mass is 565 g/mol. The third-order valence-corrected chi connectivity index (χ3v) is 5.97. The number of nitrogens with zero attached hydrogens (tertiary/aromatic N) is 1. The zero-order valence-electron chi connectivity index (χ0n) is 21.5. The molecule has 0 unspecified atom stereocenters. The van der Waals surface area contributed by atoms with Crippen molar-refractivity contribution >= 4 is 41.0 Å². The van der Waals surface area contributed by atoms with Crippen molar-refractivity contribution in [2.75, 3.05) is 13.2 Å². The Morgan fingerprint density at radius 1 is 0.872 bits per heavy atom. The number of rotatable bonds is 10.